The zero-order valence-electron chi connectivity index (χ0n) is 10.9. The van der Waals surface area contributed by atoms with Gasteiger partial charge in [-0.2, -0.15) is 25.3 Å². The molecule has 0 amide bonds. The van der Waals surface area contributed by atoms with Crippen molar-refractivity contribution in [3.63, 3.8) is 0 Å². The van der Waals surface area contributed by atoms with Crippen LogP contribution in [0.5, 0.6) is 0 Å². The Morgan fingerprint density at radius 2 is 1.33 bits per heavy atom. The molecule has 0 aromatic carbocycles. The molecule has 0 aliphatic rings. The van der Waals surface area contributed by atoms with Crippen LogP contribution in [0.4, 0.5) is 0 Å². The van der Waals surface area contributed by atoms with Gasteiger partial charge in [0, 0.05) is 6.61 Å². The molecular weight excluding hydrogens is 232 g/mol. The summed E-state index contributed by atoms with van der Waals surface area (Å²) in [4.78, 5) is 0. The third kappa shape index (κ3) is 74.1. The maximum Gasteiger partial charge on any atom is 0.0431 e. The van der Waals surface area contributed by atoms with Crippen molar-refractivity contribution in [1.82, 2.24) is 0 Å². The van der Waals surface area contributed by atoms with E-state index in [4.69, 9.17) is 5.11 Å². The highest BCUT2D eigenvalue weighted by atomic mass is 32.2. The molecule has 0 atom stereocenters. The van der Waals surface area contributed by atoms with Gasteiger partial charge in [-0.3, -0.25) is 0 Å². The smallest absolute Gasteiger partial charge is 0.0431 e. The molecule has 5 N–H and O–H groups in total. The number of aliphatic hydroxyl groups excluding tert-OH is 1. The summed E-state index contributed by atoms with van der Waals surface area (Å²) in [7, 11) is 0. The van der Waals surface area contributed by atoms with E-state index in [1.165, 1.54) is 11.5 Å². The Labute approximate surface area is 107 Å². The fourth-order valence-corrected chi connectivity index (χ4v) is 1.16. The maximum absolute atomic E-state index is 8.36. The van der Waals surface area contributed by atoms with E-state index in [1.807, 2.05) is 39.5 Å². The number of aliphatic hydroxyl groups is 1. The van der Waals surface area contributed by atoms with Gasteiger partial charge in [0.05, 0.1) is 0 Å². The van der Waals surface area contributed by atoms with Crippen LogP contribution in [0.1, 0.15) is 47.5 Å². The molecule has 0 saturated heterocycles. The van der Waals surface area contributed by atoms with E-state index in [1.54, 1.807) is 0 Å². The van der Waals surface area contributed by atoms with Crippen LogP contribution in [0.2, 0.25) is 0 Å². The summed E-state index contributed by atoms with van der Waals surface area (Å²) < 4.78 is 0. The van der Waals surface area contributed by atoms with Crippen molar-refractivity contribution < 1.29 is 16.1 Å². The van der Waals surface area contributed by atoms with E-state index >= 15 is 0 Å². The van der Waals surface area contributed by atoms with Crippen molar-refractivity contribution in [2.24, 2.45) is 0 Å². The largest absolute Gasteiger partial charge is 0.412 e. The molecule has 102 valence electrons. The molecule has 0 spiro atoms. The molecule has 0 bridgehead atoms. The first kappa shape index (κ1) is 36.1. The molecule has 15 heavy (non-hydrogen) atoms. The van der Waals surface area contributed by atoms with Gasteiger partial charge < -0.3 is 16.1 Å². The van der Waals surface area contributed by atoms with Crippen LogP contribution in [0.15, 0.2) is 0 Å². The van der Waals surface area contributed by atoms with Crippen LogP contribution < -0.4 is 0 Å². The predicted molar refractivity (Wildman–Crippen MR) is 79.6 cm³/mol. The Balaban J connectivity index is -0.0000000260. The van der Waals surface area contributed by atoms with Gasteiger partial charge in [-0.25, -0.2) is 0 Å². The van der Waals surface area contributed by atoms with Crippen molar-refractivity contribution in [3.05, 3.63) is 0 Å². The minimum absolute atomic E-state index is 0. The first-order valence-corrected chi connectivity index (χ1v) is 6.26. The molecule has 5 heteroatoms. The number of hydrogen-bond acceptors (Lipinski definition) is 2. The predicted octanol–water partition coefficient (Wildman–Crippen LogP) is 2.03. The summed E-state index contributed by atoms with van der Waals surface area (Å²) in [6.07, 6.45) is 2.13. The SMILES string of the molecule is CC.CC.CCSCCCCO.O.O.S. The molecule has 3 nitrogen and oxygen atoms in total. The van der Waals surface area contributed by atoms with Gasteiger partial charge in [0.25, 0.3) is 0 Å². The summed E-state index contributed by atoms with van der Waals surface area (Å²) in [5.74, 6) is 2.41. The molecular formula is C10H32O3S2. The van der Waals surface area contributed by atoms with Crippen LogP contribution in [0.3, 0.4) is 0 Å². The van der Waals surface area contributed by atoms with Crippen molar-refractivity contribution in [1.29, 1.82) is 0 Å². The Hall–Kier alpha value is 0.580. The second kappa shape index (κ2) is 62.1. The monoisotopic (exact) mass is 264 g/mol. The highest BCUT2D eigenvalue weighted by Crippen LogP contribution is 2.01. The molecule has 0 aliphatic carbocycles. The van der Waals surface area contributed by atoms with E-state index in [0.717, 1.165) is 12.8 Å². The van der Waals surface area contributed by atoms with Crippen molar-refractivity contribution >= 4 is 25.3 Å². The van der Waals surface area contributed by atoms with Crippen molar-refractivity contribution in [2.45, 2.75) is 47.5 Å². The normalized spacial score (nSPS) is 6.00. The number of unbranched alkanes of at least 4 members (excludes halogenated alkanes) is 1. The fraction of sp³-hybridized carbons (Fsp3) is 1.00. The third-order valence-corrected chi connectivity index (χ3v) is 1.89. The molecule has 0 aliphatic heterocycles. The average Bonchev–Trinajstić information content (AvgIpc) is 2.19. The lowest BCUT2D eigenvalue weighted by Gasteiger charge is -1.93. The van der Waals surface area contributed by atoms with Gasteiger partial charge in [0.15, 0.2) is 0 Å². The van der Waals surface area contributed by atoms with Gasteiger partial charge in [-0.15, -0.1) is 0 Å². The van der Waals surface area contributed by atoms with E-state index < -0.39 is 0 Å². The van der Waals surface area contributed by atoms with Crippen molar-refractivity contribution in [3.8, 4) is 0 Å². The van der Waals surface area contributed by atoms with Gasteiger partial charge in [-0.05, 0) is 24.3 Å². The van der Waals surface area contributed by atoms with Gasteiger partial charge in [0.2, 0.25) is 0 Å². The Morgan fingerprint density at radius 1 is 0.933 bits per heavy atom. The maximum atomic E-state index is 8.36. The summed E-state index contributed by atoms with van der Waals surface area (Å²) in [6.45, 7) is 10.5. The Bertz CT molecular complexity index is 43.6. The molecule has 0 unspecified atom stereocenters. The van der Waals surface area contributed by atoms with E-state index in [9.17, 15) is 0 Å². The van der Waals surface area contributed by atoms with E-state index in [-0.39, 0.29) is 24.4 Å². The first-order valence-electron chi connectivity index (χ1n) is 5.10. The minimum atomic E-state index is 0. The Kier molecular flexibility index (Phi) is 149. The lowest BCUT2D eigenvalue weighted by atomic mass is 10.4. The topological polar surface area (TPSA) is 83.2 Å². The first-order chi connectivity index (χ1) is 5.91. The fourth-order valence-electron chi connectivity index (χ4n) is 0.460. The number of hydrogen-bond donors (Lipinski definition) is 1. The molecule has 0 rings (SSSR count). The van der Waals surface area contributed by atoms with E-state index in [2.05, 4.69) is 6.92 Å². The van der Waals surface area contributed by atoms with Crippen LogP contribution in [-0.2, 0) is 0 Å². The Morgan fingerprint density at radius 3 is 1.60 bits per heavy atom. The van der Waals surface area contributed by atoms with Gasteiger partial charge >= 0.3 is 0 Å². The highest BCUT2D eigenvalue weighted by molar-refractivity contribution is 7.99. The van der Waals surface area contributed by atoms with Crippen LogP contribution in [-0.4, -0.2) is 34.2 Å². The number of thioether (sulfide) groups is 1. The molecule has 0 heterocycles. The summed E-state index contributed by atoms with van der Waals surface area (Å²) in [5.41, 5.74) is 0. The minimum Gasteiger partial charge on any atom is -0.412 e. The standard InChI is InChI=1S/C6H14OS.2C2H6.2H2O.H2S/c1-2-8-6-4-3-5-7;2*1-2;;;/h7H,2-6H2,1H3;2*1-2H3;3*1H2. The summed E-state index contributed by atoms with van der Waals surface area (Å²) in [6, 6.07) is 0. The lowest BCUT2D eigenvalue weighted by Crippen LogP contribution is -1.84. The lowest BCUT2D eigenvalue weighted by molar-refractivity contribution is 0.287. The molecule has 0 fully saturated rings. The number of rotatable bonds is 5. The second-order valence-corrected chi connectivity index (χ2v) is 3.02. The van der Waals surface area contributed by atoms with Crippen LogP contribution >= 0.6 is 25.3 Å². The van der Waals surface area contributed by atoms with Gasteiger partial charge in [-0.1, -0.05) is 34.6 Å². The molecule has 0 aromatic heterocycles. The zero-order chi connectivity index (χ0) is 10.2. The van der Waals surface area contributed by atoms with Crippen molar-refractivity contribution in [2.75, 3.05) is 18.1 Å². The quantitative estimate of drug-likeness (QED) is 0.771. The zero-order valence-corrected chi connectivity index (χ0v) is 12.7. The molecule has 0 radical (unpaired) electrons. The summed E-state index contributed by atoms with van der Waals surface area (Å²) in [5, 5.41) is 8.36. The molecule has 0 aromatic rings. The van der Waals surface area contributed by atoms with E-state index in [0.29, 0.717) is 6.61 Å². The average molecular weight is 264 g/mol. The molecule has 0 saturated carbocycles. The third-order valence-electron chi connectivity index (χ3n) is 0.901. The van der Waals surface area contributed by atoms with Crippen LogP contribution in [0.25, 0.3) is 0 Å². The summed E-state index contributed by atoms with van der Waals surface area (Å²) >= 11 is 1.94. The van der Waals surface area contributed by atoms with Crippen LogP contribution in [0, 0.1) is 0 Å². The van der Waals surface area contributed by atoms with Gasteiger partial charge in [0.1, 0.15) is 0 Å². The highest BCUT2D eigenvalue weighted by Gasteiger charge is 1.84. The second-order valence-electron chi connectivity index (χ2n) is 1.63.